The third kappa shape index (κ3) is 5.16. The first kappa shape index (κ1) is 19.7. The monoisotopic (exact) mass is 373 g/mol. The van der Waals surface area contributed by atoms with Crippen molar-refractivity contribution in [3.63, 3.8) is 0 Å². The van der Waals surface area contributed by atoms with Crippen LogP contribution in [0.3, 0.4) is 0 Å². The SMILES string of the molecule is Cc1ccc(/C=N\NC(=O)CN(c2c(C)cccc2C)S(C)(=O)=O)cc1. The average Bonchev–Trinajstić information content (AvgIpc) is 2.54. The molecule has 1 amide bonds. The maximum Gasteiger partial charge on any atom is 0.260 e. The zero-order valence-electron chi connectivity index (χ0n) is 15.4. The minimum absolute atomic E-state index is 0.338. The molecule has 0 aromatic heterocycles. The van der Waals surface area contributed by atoms with Gasteiger partial charge in [0.15, 0.2) is 0 Å². The molecule has 6 nitrogen and oxygen atoms in total. The molecule has 0 unspecified atom stereocenters. The topological polar surface area (TPSA) is 78.8 Å². The highest BCUT2D eigenvalue weighted by Crippen LogP contribution is 2.26. The van der Waals surface area contributed by atoms with Crippen LogP contribution in [0.1, 0.15) is 22.3 Å². The minimum atomic E-state index is -3.62. The van der Waals surface area contributed by atoms with Gasteiger partial charge in [0, 0.05) is 0 Å². The number of hydrogen-bond donors (Lipinski definition) is 1. The van der Waals surface area contributed by atoms with E-state index in [2.05, 4.69) is 10.5 Å². The number of carbonyl (C=O) groups excluding carboxylic acids is 1. The summed E-state index contributed by atoms with van der Waals surface area (Å²) in [6.45, 7) is 5.27. The number of aryl methyl sites for hydroxylation is 3. The van der Waals surface area contributed by atoms with E-state index < -0.39 is 15.9 Å². The fourth-order valence-electron chi connectivity index (χ4n) is 2.56. The number of sulfonamides is 1. The van der Waals surface area contributed by atoms with Gasteiger partial charge >= 0.3 is 0 Å². The predicted octanol–water partition coefficient (Wildman–Crippen LogP) is 2.53. The van der Waals surface area contributed by atoms with Crippen LogP contribution in [-0.4, -0.2) is 33.3 Å². The van der Waals surface area contributed by atoms with Crippen molar-refractivity contribution in [2.75, 3.05) is 17.1 Å². The van der Waals surface area contributed by atoms with Gasteiger partial charge in [-0.15, -0.1) is 0 Å². The van der Waals surface area contributed by atoms with Crippen LogP contribution < -0.4 is 9.73 Å². The molecule has 0 bridgehead atoms. The van der Waals surface area contributed by atoms with Crippen LogP contribution in [0.15, 0.2) is 47.6 Å². The van der Waals surface area contributed by atoms with Gasteiger partial charge in [-0.25, -0.2) is 13.8 Å². The zero-order valence-corrected chi connectivity index (χ0v) is 16.2. The van der Waals surface area contributed by atoms with E-state index in [1.165, 1.54) is 6.21 Å². The number of para-hydroxylation sites is 1. The van der Waals surface area contributed by atoms with Gasteiger partial charge in [0.25, 0.3) is 5.91 Å². The molecule has 0 aliphatic heterocycles. The van der Waals surface area contributed by atoms with Crippen LogP contribution in [0, 0.1) is 20.8 Å². The normalized spacial score (nSPS) is 11.5. The van der Waals surface area contributed by atoms with Gasteiger partial charge in [0.05, 0.1) is 18.2 Å². The van der Waals surface area contributed by atoms with E-state index in [0.717, 1.165) is 32.8 Å². The molecule has 138 valence electrons. The maximum absolute atomic E-state index is 12.2. The summed E-state index contributed by atoms with van der Waals surface area (Å²) in [5.41, 5.74) is 6.44. The van der Waals surface area contributed by atoms with Gasteiger partial charge in [0.1, 0.15) is 6.54 Å². The summed E-state index contributed by atoms with van der Waals surface area (Å²) >= 11 is 0. The number of rotatable bonds is 6. The molecule has 0 spiro atoms. The standard InChI is InChI=1S/C19H23N3O3S/c1-14-8-10-17(11-9-14)12-20-21-18(23)13-22(26(4,24)25)19-15(2)6-5-7-16(19)3/h5-12H,13H2,1-4H3,(H,21,23)/b20-12-. The Morgan fingerprint density at radius 1 is 1.08 bits per heavy atom. The third-order valence-electron chi connectivity index (χ3n) is 3.86. The van der Waals surface area contributed by atoms with Gasteiger partial charge in [-0.1, -0.05) is 48.0 Å². The largest absolute Gasteiger partial charge is 0.271 e. The number of hydrazone groups is 1. The van der Waals surface area contributed by atoms with Crippen molar-refractivity contribution in [3.05, 3.63) is 64.7 Å². The lowest BCUT2D eigenvalue weighted by Gasteiger charge is -2.25. The Labute approximate surface area is 154 Å². The molecule has 0 saturated carbocycles. The molecule has 26 heavy (non-hydrogen) atoms. The number of hydrogen-bond acceptors (Lipinski definition) is 4. The molecular weight excluding hydrogens is 350 g/mol. The van der Waals surface area contributed by atoms with Crippen molar-refractivity contribution in [3.8, 4) is 0 Å². The highest BCUT2D eigenvalue weighted by atomic mass is 32.2. The van der Waals surface area contributed by atoms with E-state index in [4.69, 9.17) is 0 Å². The Balaban J connectivity index is 2.14. The first-order valence-corrected chi connectivity index (χ1v) is 9.96. The lowest BCUT2D eigenvalue weighted by molar-refractivity contribution is -0.119. The van der Waals surface area contributed by atoms with Crippen LogP contribution in [0.25, 0.3) is 0 Å². The molecule has 2 rings (SSSR count). The van der Waals surface area contributed by atoms with Crippen molar-refractivity contribution in [2.24, 2.45) is 5.10 Å². The molecule has 0 radical (unpaired) electrons. The van der Waals surface area contributed by atoms with Crippen LogP contribution in [0.5, 0.6) is 0 Å². The summed E-state index contributed by atoms with van der Waals surface area (Å²) in [6, 6.07) is 13.1. The molecular formula is C19H23N3O3S. The van der Waals surface area contributed by atoms with E-state index in [0.29, 0.717) is 5.69 Å². The van der Waals surface area contributed by atoms with E-state index in [1.807, 2.05) is 63.2 Å². The van der Waals surface area contributed by atoms with E-state index in [-0.39, 0.29) is 6.54 Å². The second-order valence-electron chi connectivity index (χ2n) is 6.21. The van der Waals surface area contributed by atoms with Gasteiger partial charge in [-0.05, 0) is 37.5 Å². The minimum Gasteiger partial charge on any atom is -0.271 e. The molecule has 0 heterocycles. The molecule has 0 saturated heterocycles. The number of amides is 1. The number of anilines is 1. The first-order chi connectivity index (χ1) is 12.2. The van der Waals surface area contributed by atoms with E-state index in [9.17, 15) is 13.2 Å². The fraction of sp³-hybridized carbons (Fsp3) is 0.263. The van der Waals surface area contributed by atoms with Crippen LogP contribution in [-0.2, 0) is 14.8 Å². The summed E-state index contributed by atoms with van der Waals surface area (Å²) in [5.74, 6) is -0.513. The lowest BCUT2D eigenvalue weighted by atomic mass is 10.1. The lowest BCUT2D eigenvalue weighted by Crippen LogP contribution is -2.39. The smallest absolute Gasteiger partial charge is 0.260 e. The van der Waals surface area contributed by atoms with Gasteiger partial charge < -0.3 is 0 Å². The second-order valence-corrected chi connectivity index (χ2v) is 8.12. The Kier molecular flexibility index (Phi) is 6.15. The van der Waals surface area contributed by atoms with E-state index in [1.54, 1.807) is 0 Å². The zero-order chi connectivity index (χ0) is 19.3. The summed E-state index contributed by atoms with van der Waals surface area (Å²) in [6.07, 6.45) is 2.60. The highest BCUT2D eigenvalue weighted by Gasteiger charge is 2.23. The van der Waals surface area contributed by atoms with E-state index >= 15 is 0 Å². The van der Waals surface area contributed by atoms with Crippen molar-refractivity contribution < 1.29 is 13.2 Å². The molecule has 1 N–H and O–H groups in total. The average molecular weight is 373 g/mol. The van der Waals surface area contributed by atoms with Crippen molar-refractivity contribution in [1.29, 1.82) is 0 Å². The van der Waals surface area contributed by atoms with Crippen molar-refractivity contribution >= 4 is 27.8 Å². The summed E-state index contributed by atoms with van der Waals surface area (Å²) in [5, 5.41) is 3.90. The summed E-state index contributed by atoms with van der Waals surface area (Å²) < 4.78 is 25.5. The molecule has 0 aliphatic rings. The van der Waals surface area contributed by atoms with Gasteiger partial charge in [-0.3, -0.25) is 9.10 Å². The van der Waals surface area contributed by atoms with Crippen LogP contribution in [0.4, 0.5) is 5.69 Å². The predicted molar refractivity (Wildman–Crippen MR) is 105 cm³/mol. The molecule has 2 aromatic rings. The molecule has 0 fully saturated rings. The van der Waals surface area contributed by atoms with Crippen LogP contribution in [0.2, 0.25) is 0 Å². The number of benzene rings is 2. The van der Waals surface area contributed by atoms with Crippen molar-refractivity contribution in [2.45, 2.75) is 20.8 Å². The van der Waals surface area contributed by atoms with Crippen molar-refractivity contribution in [1.82, 2.24) is 5.43 Å². The Morgan fingerprint density at radius 2 is 1.65 bits per heavy atom. The van der Waals surface area contributed by atoms with Gasteiger partial charge in [-0.2, -0.15) is 5.10 Å². The summed E-state index contributed by atoms with van der Waals surface area (Å²) in [4.78, 5) is 12.2. The fourth-order valence-corrected chi connectivity index (χ4v) is 3.53. The Bertz CT molecular complexity index is 899. The Hall–Kier alpha value is -2.67. The third-order valence-corrected chi connectivity index (χ3v) is 4.97. The number of nitrogens with zero attached hydrogens (tertiary/aromatic N) is 2. The number of carbonyl (C=O) groups is 1. The quantitative estimate of drug-likeness (QED) is 0.624. The maximum atomic E-state index is 12.2. The van der Waals surface area contributed by atoms with Crippen LogP contribution >= 0.6 is 0 Å². The molecule has 0 atom stereocenters. The second kappa shape index (κ2) is 8.14. The Morgan fingerprint density at radius 3 is 2.19 bits per heavy atom. The van der Waals surface area contributed by atoms with Gasteiger partial charge in [0.2, 0.25) is 10.0 Å². The first-order valence-electron chi connectivity index (χ1n) is 8.11. The highest BCUT2D eigenvalue weighted by molar-refractivity contribution is 7.92. The molecule has 7 heteroatoms. The molecule has 0 aliphatic carbocycles. The molecule has 2 aromatic carbocycles. The summed E-state index contributed by atoms with van der Waals surface area (Å²) in [7, 11) is -3.62. The number of nitrogens with one attached hydrogen (secondary N) is 1.